The molecule has 0 bridgehead atoms. The summed E-state index contributed by atoms with van der Waals surface area (Å²) in [6.07, 6.45) is 1.23. The Morgan fingerprint density at radius 3 is 2.65 bits per heavy atom. The van der Waals surface area contributed by atoms with Gasteiger partial charge in [-0.1, -0.05) is 25.5 Å². The predicted molar refractivity (Wildman–Crippen MR) is 73.6 cm³/mol. The summed E-state index contributed by atoms with van der Waals surface area (Å²) < 4.78 is 17.8. The van der Waals surface area contributed by atoms with E-state index in [4.69, 9.17) is 4.74 Å². The fraction of sp³-hybridized carbons (Fsp3) is 0.467. The number of amides is 1. The van der Waals surface area contributed by atoms with Crippen molar-refractivity contribution in [1.29, 1.82) is 0 Å². The number of hydrogen-bond donors (Lipinski definition) is 1. The molecule has 1 rings (SSSR count). The molecule has 4 nitrogen and oxygen atoms in total. The molecule has 1 N–H and O–H groups in total. The third-order valence-electron chi connectivity index (χ3n) is 3.05. The zero-order valence-electron chi connectivity index (χ0n) is 12.0. The van der Waals surface area contributed by atoms with E-state index in [0.29, 0.717) is 12.0 Å². The van der Waals surface area contributed by atoms with Crippen molar-refractivity contribution in [3.63, 3.8) is 0 Å². The highest BCUT2D eigenvalue weighted by atomic mass is 19.1. The number of ether oxygens (including phenoxy) is 1. The Morgan fingerprint density at radius 2 is 2.10 bits per heavy atom. The van der Waals surface area contributed by atoms with Gasteiger partial charge in [0.25, 0.3) is 0 Å². The Balaban J connectivity index is 2.74. The number of esters is 1. The van der Waals surface area contributed by atoms with Crippen molar-refractivity contribution in [3.05, 3.63) is 35.6 Å². The molecule has 1 atom stereocenters. The third kappa shape index (κ3) is 4.33. The van der Waals surface area contributed by atoms with Gasteiger partial charge >= 0.3 is 5.97 Å². The molecule has 0 spiro atoms. The Bertz CT molecular complexity index is 490. The first kappa shape index (κ1) is 16.1. The van der Waals surface area contributed by atoms with Gasteiger partial charge in [0.1, 0.15) is 11.4 Å². The number of hydrogen-bond acceptors (Lipinski definition) is 3. The van der Waals surface area contributed by atoms with Crippen LogP contribution in [-0.2, 0) is 20.7 Å². The van der Waals surface area contributed by atoms with E-state index in [0.717, 1.165) is 6.42 Å². The van der Waals surface area contributed by atoms with Gasteiger partial charge in [-0.3, -0.25) is 4.79 Å². The zero-order valence-corrected chi connectivity index (χ0v) is 12.0. The van der Waals surface area contributed by atoms with Gasteiger partial charge in [-0.25, -0.2) is 9.18 Å². The minimum Gasteiger partial charge on any atom is -0.467 e. The van der Waals surface area contributed by atoms with Crippen molar-refractivity contribution >= 4 is 11.9 Å². The van der Waals surface area contributed by atoms with Crippen molar-refractivity contribution in [2.45, 2.75) is 38.6 Å². The van der Waals surface area contributed by atoms with E-state index in [1.165, 1.54) is 19.2 Å². The van der Waals surface area contributed by atoms with Gasteiger partial charge in [0.15, 0.2) is 0 Å². The molecule has 0 saturated heterocycles. The van der Waals surface area contributed by atoms with Crippen LogP contribution in [0.1, 0.15) is 32.3 Å². The quantitative estimate of drug-likeness (QED) is 0.813. The minimum atomic E-state index is -1.05. The SMILES string of the molecule is CCCC(C)(NC(=O)Cc1cccc(F)c1)C(=O)OC. The largest absolute Gasteiger partial charge is 0.467 e. The Hall–Kier alpha value is -1.91. The lowest BCUT2D eigenvalue weighted by Gasteiger charge is -2.27. The second-order valence-corrected chi connectivity index (χ2v) is 4.93. The van der Waals surface area contributed by atoms with Gasteiger partial charge in [0.2, 0.25) is 5.91 Å². The van der Waals surface area contributed by atoms with Gasteiger partial charge in [-0.2, -0.15) is 0 Å². The molecular formula is C15H20FNO3. The van der Waals surface area contributed by atoms with Crippen molar-refractivity contribution in [1.82, 2.24) is 5.32 Å². The lowest BCUT2D eigenvalue weighted by atomic mass is 9.95. The number of rotatable bonds is 6. The smallest absolute Gasteiger partial charge is 0.331 e. The average Bonchev–Trinajstić information content (AvgIpc) is 2.37. The van der Waals surface area contributed by atoms with Crippen LogP contribution < -0.4 is 5.32 Å². The Kier molecular flexibility index (Phi) is 5.67. The summed E-state index contributed by atoms with van der Waals surface area (Å²) in [7, 11) is 1.29. The maximum absolute atomic E-state index is 13.1. The molecule has 1 aromatic carbocycles. The molecular weight excluding hydrogens is 261 g/mol. The average molecular weight is 281 g/mol. The molecule has 0 aromatic heterocycles. The normalized spacial score (nSPS) is 13.4. The van der Waals surface area contributed by atoms with Gasteiger partial charge in [0.05, 0.1) is 13.5 Å². The van der Waals surface area contributed by atoms with Gasteiger partial charge in [-0.15, -0.1) is 0 Å². The molecule has 0 radical (unpaired) electrons. The molecule has 0 fully saturated rings. The van der Waals surface area contributed by atoms with Crippen LogP contribution >= 0.6 is 0 Å². The van der Waals surface area contributed by atoms with Crippen LogP contribution in [0.2, 0.25) is 0 Å². The fourth-order valence-electron chi connectivity index (χ4n) is 2.13. The lowest BCUT2D eigenvalue weighted by molar-refractivity contribution is -0.150. The van der Waals surface area contributed by atoms with Crippen molar-refractivity contribution in [2.75, 3.05) is 7.11 Å². The first-order valence-electron chi connectivity index (χ1n) is 6.55. The molecule has 5 heteroatoms. The van der Waals surface area contributed by atoms with Crippen LogP contribution in [0.4, 0.5) is 4.39 Å². The molecule has 0 aliphatic carbocycles. The summed E-state index contributed by atoms with van der Waals surface area (Å²) in [5.41, 5.74) is -0.486. The van der Waals surface area contributed by atoms with Crippen LogP contribution in [0, 0.1) is 5.82 Å². The highest BCUT2D eigenvalue weighted by molar-refractivity contribution is 5.88. The van der Waals surface area contributed by atoms with E-state index in [1.54, 1.807) is 19.1 Å². The predicted octanol–water partition coefficient (Wildman–Crippen LogP) is 2.22. The number of nitrogens with one attached hydrogen (secondary N) is 1. The number of methoxy groups -OCH3 is 1. The zero-order chi connectivity index (χ0) is 15.2. The highest BCUT2D eigenvalue weighted by Gasteiger charge is 2.34. The molecule has 20 heavy (non-hydrogen) atoms. The van der Waals surface area contributed by atoms with Crippen molar-refractivity contribution in [2.24, 2.45) is 0 Å². The van der Waals surface area contributed by atoms with Crippen LogP contribution in [0.15, 0.2) is 24.3 Å². The molecule has 0 aliphatic rings. The summed E-state index contributed by atoms with van der Waals surface area (Å²) >= 11 is 0. The van der Waals surface area contributed by atoms with Crippen LogP contribution in [0.25, 0.3) is 0 Å². The summed E-state index contributed by atoms with van der Waals surface area (Å²) in [4.78, 5) is 23.8. The fourth-order valence-corrected chi connectivity index (χ4v) is 2.13. The Morgan fingerprint density at radius 1 is 1.40 bits per heavy atom. The molecule has 0 aliphatic heterocycles. The monoisotopic (exact) mass is 281 g/mol. The molecule has 110 valence electrons. The van der Waals surface area contributed by atoms with Crippen LogP contribution in [0.5, 0.6) is 0 Å². The van der Waals surface area contributed by atoms with Gasteiger partial charge < -0.3 is 10.1 Å². The second-order valence-electron chi connectivity index (χ2n) is 4.93. The second kappa shape index (κ2) is 7.03. The van der Waals surface area contributed by atoms with E-state index in [2.05, 4.69) is 5.32 Å². The summed E-state index contributed by atoms with van der Waals surface area (Å²) in [6.45, 7) is 3.55. The highest BCUT2D eigenvalue weighted by Crippen LogP contribution is 2.15. The molecule has 0 saturated carbocycles. The maximum atomic E-state index is 13.1. The topological polar surface area (TPSA) is 55.4 Å². The lowest BCUT2D eigenvalue weighted by Crippen LogP contribution is -2.53. The van der Waals surface area contributed by atoms with E-state index in [-0.39, 0.29) is 18.1 Å². The van der Waals surface area contributed by atoms with Gasteiger partial charge in [-0.05, 0) is 31.0 Å². The van der Waals surface area contributed by atoms with E-state index < -0.39 is 11.5 Å². The number of benzene rings is 1. The van der Waals surface area contributed by atoms with E-state index in [9.17, 15) is 14.0 Å². The number of halogens is 1. The van der Waals surface area contributed by atoms with Crippen molar-refractivity contribution < 1.29 is 18.7 Å². The van der Waals surface area contributed by atoms with Crippen LogP contribution in [0.3, 0.4) is 0 Å². The first-order valence-corrected chi connectivity index (χ1v) is 6.55. The van der Waals surface area contributed by atoms with E-state index >= 15 is 0 Å². The standard InChI is InChI=1S/C15H20FNO3/c1-4-8-15(2,14(19)20-3)17-13(18)10-11-6-5-7-12(16)9-11/h5-7,9H,4,8,10H2,1-3H3,(H,17,18). The summed E-state index contributed by atoms with van der Waals surface area (Å²) in [5, 5.41) is 2.68. The molecule has 1 amide bonds. The maximum Gasteiger partial charge on any atom is 0.331 e. The Labute approximate surface area is 118 Å². The third-order valence-corrected chi connectivity index (χ3v) is 3.05. The summed E-state index contributed by atoms with van der Waals surface area (Å²) in [5.74, 6) is -1.21. The van der Waals surface area contributed by atoms with Crippen LogP contribution in [-0.4, -0.2) is 24.5 Å². The minimum absolute atomic E-state index is 0.0219. The van der Waals surface area contributed by atoms with Gasteiger partial charge in [0, 0.05) is 0 Å². The molecule has 1 unspecified atom stereocenters. The molecule has 1 aromatic rings. The summed E-state index contributed by atoms with van der Waals surface area (Å²) in [6, 6.07) is 5.83. The number of carbonyl (C=O) groups is 2. The molecule has 0 heterocycles. The van der Waals surface area contributed by atoms with E-state index in [1.807, 2.05) is 6.92 Å². The first-order chi connectivity index (χ1) is 9.41. The number of carbonyl (C=O) groups excluding carboxylic acids is 2. The van der Waals surface area contributed by atoms with Crippen molar-refractivity contribution in [3.8, 4) is 0 Å².